The zero-order chi connectivity index (χ0) is 28.7. The summed E-state index contributed by atoms with van der Waals surface area (Å²) in [7, 11) is 1.35. The molecule has 0 bridgehead atoms. The normalized spacial score (nSPS) is 15.9. The summed E-state index contributed by atoms with van der Waals surface area (Å²) >= 11 is 3.74. The summed E-state index contributed by atoms with van der Waals surface area (Å²) in [6.07, 6.45) is 0. The number of benzene rings is 4. The third-order valence-electron chi connectivity index (χ3n) is 7.59. The highest BCUT2D eigenvalue weighted by Crippen LogP contribution is 2.50. The molecule has 1 N–H and O–H groups in total. The van der Waals surface area contributed by atoms with E-state index in [0.29, 0.717) is 62.9 Å². The first kappa shape index (κ1) is 26.8. The molecular weight excluding hydrogens is 582 g/mol. The summed E-state index contributed by atoms with van der Waals surface area (Å²) in [4.78, 5) is 26.9. The SMILES string of the molecule is CCOc1cc([C@H]2C(C(=O)OC)=C(C)NC3=C2C(=O)c2ccccc23)c(Br)cc1OCc1cccc2ccccc12. The molecule has 7 heteroatoms. The smallest absolute Gasteiger partial charge is 0.336 e. The van der Waals surface area contributed by atoms with Gasteiger partial charge in [0.15, 0.2) is 17.3 Å². The zero-order valence-corrected chi connectivity index (χ0v) is 24.5. The van der Waals surface area contributed by atoms with Gasteiger partial charge in [-0.25, -0.2) is 4.79 Å². The number of nitrogens with one attached hydrogen (secondary N) is 1. The van der Waals surface area contributed by atoms with Gasteiger partial charge in [0.2, 0.25) is 0 Å². The molecule has 1 aliphatic heterocycles. The van der Waals surface area contributed by atoms with Gasteiger partial charge in [-0.15, -0.1) is 0 Å². The number of Topliss-reactive ketones (excluding diaryl/α,β-unsaturated/α-hetero) is 1. The van der Waals surface area contributed by atoms with E-state index in [1.807, 2.05) is 68.4 Å². The number of rotatable bonds is 7. The van der Waals surface area contributed by atoms with Gasteiger partial charge < -0.3 is 19.5 Å². The maximum atomic E-state index is 13.8. The quantitative estimate of drug-likeness (QED) is 0.221. The van der Waals surface area contributed by atoms with E-state index in [-0.39, 0.29) is 5.78 Å². The number of ether oxygens (including phenoxy) is 3. The van der Waals surface area contributed by atoms with Crippen LogP contribution in [-0.4, -0.2) is 25.5 Å². The van der Waals surface area contributed by atoms with Crippen LogP contribution in [0.1, 0.15) is 46.8 Å². The molecule has 4 aromatic carbocycles. The van der Waals surface area contributed by atoms with E-state index in [1.54, 1.807) is 0 Å². The minimum Gasteiger partial charge on any atom is -0.490 e. The highest BCUT2D eigenvalue weighted by atomic mass is 79.9. The summed E-state index contributed by atoms with van der Waals surface area (Å²) in [5.74, 6) is -0.227. The average molecular weight is 611 g/mol. The third kappa shape index (κ3) is 4.60. The lowest BCUT2D eigenvalue weighted by molar-refractivity contribution is -0.136. The maximum absolute atomic E-state index is 13.8. The summed E-state index contributed by atoms with van der Waals surface area (Å²) < 4.78 is 18.3. The number of esters is 1. The molecule has 0 spiro atoms. The number of dihydropyridines is 1. The summed E-state index contributed by atoms with van der Waals surface area (Å²) in [6.45, 7) is 4.49. The second-order valence-electron chi connectivity index (χ2n) is 9.93. The van der Waals surface area contributed by atoms with E-state index in [2.05, 4.69) is 45.5 Å². The molecule has 6 nitrogen and oxygen atoms in total. The van der Waals surface area contributed by atoms with Gasteiger partial charge in [-0.3, -0.25) is 4.79 Å². The number of hydrogen-bond donors (Lipinski definition) is 1. The van der Waals surface area contributed by atoms with Crippen molar-refractivity contribution in [3.05, 3.63) is 122 Å². The molecule has 2 aliphatic rings. The Bertz CT molecular complexity index is 1780. The van der Waals surface area contributed by atoms with E-state index in [0.717, 1.165) is 21.9 Å². The van der Waals surface area contributed by atoms with E-state index in [9.17, 15) is 9.59 Å². The fourth-order valence-electron chi connectivity index (χ4n) is 5.75. The number of hydrogen-bond acceptors (Lipinski definition) is 6. The second-order valence-corrected chi connectivity index (χ2v) is 10.8. The molecule has 0 fully saturated rings. The molecule has 206 valence electrons. The number of ketones is 1. The van der Waals surface area contributed by atoms with Crippen LogP contribution < -0.4 is 14.8 Å². The first-order valence-electron chi connectivity index (χ1n) is 13.4. The van der Waals surface area contributed by atoms with Gasteiger partial charge in [0.1, 0.15) is 6.61 Å². The van der Waals surface area contributed by atoms with Gasteiger partial charge >= 0.3 is 5.97 Å². The summed E-state index contributed by atoms with van der Waals surface area (Å²) in [6, 6.07) is 25.5. The Morgan fingerprint density at radius 3 is 2.41 bits per heavy atom. The Morgan fingerprint density at radius 2 is 1.63 bits per heavy atom. The number of allylic oxidation sites excluding steroid dienone is 2. The van der Waals surface area contributed by atoms with Crippen LogP contribution in [0.25, 0.3) is 16.5 Å². The van der Waals surface area contributed by atoms with E-state index in [4.69, 9.17) is 14.2 Å². The molecule has 0 aromatic heterocycles. The van der Waals surface area contributed by atoms with Crippen molar-refractivity contribution < 1.29 is 23.8 Å². The molecule has 1 heterocycles. The highest BCUT2D eigenvalue weighted by molar-refractivity contribution is 9.10. The van der Waals surface area contributed by atoms with Crippen molar-refractivity contribution in [1.82, 2.24) is 5.32 Å². The van der Waals surface area contributed by atoms with Crippen LogP contribution in [-0.2, 0) is 16.1 Å². The van der Waals surface area contributed by atoms with E-state index >= 15 is 0 Å². The lowest BCUT2D eigenvalue weighted by Gasteiger charge is -2.30. The number of fused-ring (bicyclic) bond motifs is 3. The molecule has 1 atom stereocenters. The molecular formula is C34H28BrNO5. The van der Waals surface area contributed by atoms with Gasteiger partial charge in [0.25, 0.3) is 0 Å². The molecule has 4 aromatic rings. The topological polar surface area (TPSA) is 73.9 Å². The third-order valence-corrected chi connectivity index (χ3v) is 8.28. The lowest BCUT2D eigenvalue weighted by atomic mass is 9.79. The zero-order valence-electron chi connectivity index (χ0n) is 22.9. The predicted octanol–water partition coefficient (Wildman–Crippen LogP) is 7.32. The van der Waals surface area contributed by atoms with Crippen molar-refractivity contribution >= 4 is 44.2 Å². The monoisotopic (exact) mass is 609 g/mol. The van der Waals surface area contributed by atoms with Crippen LogP contribution in [0.5, 0.6) is 11.5 Å². The van der Waals surface area contributed by atoms with Crippen LogP contribution in [0.4, 0.5) is 0 Å². The molecule has 0 amide bonds. The van der Waals surface area contributed by atoms with Crippen LogP contribution >= 0.6 is 15.9 Å². The summed E-state index contributed by atoms with van der Waals surface area (Å²) in [5.41, 5.74) is 5.40. The van der Waals surface area contributed by atoms with Crippen molar-refractivity contribution in [2.24, 2.45) is 0 Å². The van der Waals surface area contributed by atoms with E-state index in [1.165, 1.54) is 7.11 Å². The first-order valence-corrected chi connectivity index (χ1v) is 14.2. The molecule has 0 radical (unpaired) electrons. The Kier molecular flexibility index (Phi) is 7.14. The van der Waals surface area contributed by atoms with Crippen molar-refractivity contribution in [3.8, 4) is 11.5 Å². The van der Waals surface area contributed by atoms with Crippen molar-refractivity contribution in [1.29, 1.82) is 0 Å². The minimum absolute atomic E-state index is 0.122. The summed E-state index contributed by atoms with van der Waals surface area (Å²) in [5, 5.41) is 5.59. The Hall–Kier alpha value is -4.36. The number of methoxy groups -OCH3 is 1. The maximum Gasteiger partial charge on any atom is 0.336 e. The highest BCUT2D eigenvalue weighted by Gasteiger charge is 2.43. The van der Waals surface area contributed by atoms with Gasteiger partial charge in [-0.2, -0.15) is 0 Å². The van der Waals surface area contributed by atoms with Crippen LogP contribution in [0.3, 0.4) is 0 Å². The fourth-order valence-corrected chi connectivity index (χ4v) is 6.30. The minimum atomic E-state index is -0.681. The number of carbonyl (C=O) groups excluding carboxylic acids is 2. The average Bonchev–Trinajstić information content (AvgIpc) is 3.27. The second kappa shape index (κ2) is 10.9. The molecule has 0 unspecified atom stereocenters. The Labute approximate surface area is 246 Å². The van der Waals surface area contributed by atoms with Gasteiger partial charge in [0, 0.05) is 26.9 Å². The van der Waals surface area contributed by atoms with Crippen molar-refractivity contribution in [2.45, 2.75) is 26.4 Å². The largest absolute Gasteiger partial charge is 0.490 e. The lowest BCUT2D eigenvalue weighted by Crippen LogP contribution is -2.29. The number of carbonyl (C=O) groups is 2. The predicted molar refractivity (Wildman–Crippen MR) is 162 cm³/mol. The van der Waals surface area contributed by atoms with E-state index < -0.39 is 11.9 Å². The Balaban J connectivity index is 1.45. The first-order chi connectivity index (χ1) is 19.9. The molecule has 0 saturated heterocycles. The van der Waals surface area contributed by atoms with Crippen molar-refractivity contribution in [2.75, 3.05) is 13.7 Å². The standard InChI is InChI=1S/C34H28BrNO5/c1-4-40-27-16-25(26(35)17-28(27)41-18-21-12-9-11-20-10-5-6-13-22(20)21)30-29(34(38)39-3)19(2)36-32-23-14-7-8-15-24(23)33(37)31(30)32/h5-17,30,36H,4,18H2,1-3H3/t30-/m0/s1. The fraction of sp³-hybridized carbons (Fsp3) is 0.176. The van der Waals surface area contributed by atoms with Crippen LogP contribution in [0.15, 0.2) is 100 Å². The molecule has 0 saturated carbocycles. The van der Waals surface area contributed by atoms with Gasteiger partial charge in [-0.1, -0.05) is 82.7 Å². The Morgan fingerprint density at radius 1 is 0.927 bits per heavy atom. The van der Waals surface area contributed by atoms with Crippen LogP contribution in [0.2, 0.25) is 0 Å². The van der Waals surface area contributed by atoms with Crippen molar-refractivity contribution in [3.63, 3.8) is 0 Å². The van der Waals surface area contributed by atoms with Gasteiger partial charge in [-0.05, 0) is 47.9 Å². The molecule has 41 heavy (non-hydrogen) atoms. The van der Waals surface area contributed by atoms with Crippen LogP contribution in [0, 0.1) is 0 Å². The molecule has 1 aliphatic carbocycles. The molecule has 6 rings (SSSR count). The number of halogens is 1. The van der Waals surface area contributed by atoms with Gasteiger partial charge in [0.05, 0.1) is 30.9 Å².